The number of rotatable bonds is 14. The summed E-state index contributed by atoms with van der Waals surface area (Å²) >= 11 is 0. The Bertz CT molecular complexity index is 2140. The molecule has 276 valence electrons. The van der Waals surface area contributed by atoms with Crippen molar-refractivity contribution >= 4 is 12.3 Å². The molecule has 14 heteroatoms. The molecule has 0 unspecified atom stereocenters. The molecule has 0 fully saturated rings. The Morgan fingerprint density at radius 1 is 0.630 bits per heavy atom. The van der Waals surface area contributed by atoms with Gasteiger partial charge in [0.25, 0.3) is 0 Å². The minimum absolute atomic E-state index is 0.00477. The number of hydrogen-bond donors (Lipinski definition) is 2. The number of phenolic OH excluding ortho intramolecular Hbond substituents is 2. The van der Waals surface area contributed by atoms with Crippen LogP contribution < -0.4 is 18.9 Å². The number of phenols is 2. The lowest BCUT2D eigenvalue weighted by atomic mass is 10.1. The molecule has 0 bridgehead atoms. The molecule has 0 atom stereocenters. The summed E-state index contributed by atoms with van der Waals surface area (Å²) in [5.74, 6) is 2.25. The first-order valence-corrected chi connectivity index (χ1v) is 16.8. The molecule has 4 aromatic carbocycles. The number of aromatic hydroxyl groups is 2. The maximum absolute atomic E-state index is 12.0. The van der Waals surface area contributed by atoms with Crippen LogP contribution in [-0.2, 0) is 14.2 Å². The second-order valence-corrected chi connectivity index (χ2v) is 11.4. The number of benzene rings is 4. The van der Waals surface area contributed by atoms with E-state index in [-0.39, 0.29) is 66.5 Å². The number of aromatic nitrogens is 3. The Hall–Kier alpha value is -7.09. The van der Waals surface area contributed by atoms with Gasteiger partial charge in [0.1, 0.15) is 66.7 Å². The lowest BCUT2D eigenvalue weighted by Gasteiger charge is -2.13. The van der Waals surface area contributed by atoms with Crippen LogP contribution in [0.1, 0.15) is 12.8 Å². The normalized spacial score (nSPS) is 11.9. The summed E-state index contributed by atoms with van der Waals surface area (Å²) in [7, 11) is 1.56. The third kappa shape index (κ3) is 10.0. The van der Waals surface area contributed by atoms with E-state index in [4.69, 9.17) is 33.2 Å². The van der Waals surface area contributed by atoms with Gasteiger partial charge in [0.05, 0.1) is 18.2 Å². The van der Waals surface area contributed by atoms with Crippen LogP contribution in [0.5, 0.6) is 34.5 Å². The number of ether oxygens (including phenoxy) is 7. The van der Waals surface area contributed by atoms with Crippen LogP contribution in [0, 0.1) is 0 Å². The number of carbonyl (C=O) groups is 2. The monoisotopic (exact) mass is 733 g/mol. The molecule has 2 N–H and O–H groups in total. The van der Waals surface area contributed by atoms with Gasteiger partial charge in [-0.25, -0.2) is 24.5 Å². The predicted molar refractivity (Wildman–Crippen MR) is 194 cm³/mol. The van der Waals surface area contributed by atoms with Crippen LogP contribution >= 0.6 is 0 Å². The van der Waals surface area contributed by atoms with Gasteiger partial charge < -0.3 is 43.4 Å². The Morgan fingerprint density at radius 3 is 1.72 bits per heavy atom. The van der Waals surface area contributed by atoms with Gasteiger partial charge in [-0.3, -0.25) is 0 Å². The zero-order valence-corrected chi connectivity index (χ0v) is 29.0. The van der Waals surface area contributed by atoms with Crippen LogP contribution in [0.15, 0.2) is 115 Å². The summed E-state index contributed by atoms with van der Waals surface area (Å²) in [5.41, 5.74) is 1.15. The number of nitrogens with zero attached hydrogens (tertiary/aromatic N) is 3. The number of para-hydroxylation sites is 1. The first kappa shape index (κ1) is 36.7. The molecule has 0 amide bonds. The van der Waals surface area contributed by atoms with E-state index in [2.05, 4.69) is 15.0 Å². The van der Waals surface area contributed by atoms with Gasteiger partial charge in [0, 0.05) is 24.1 Å². The fraction of sp³-hybridized carbons (Fsp3) is 0.175. The molecule has 14 nitrogen and oxygen atoms in total. The fourth-order valence-corrected chi connectivity index (χ4v) is 5.05. The van der Waals surface area contributed by atoms with Crippen molar-refractivity contribution in [3.05, 3.63) is 115 Å². The smallest absolute Gasteiger partial charge is 0.507 e. The van der Waals surface area contributed by atoms with Gasteiger partial charge in [-0.05, 0) is 73.2 Å². The molecule has 1 aliphatic carbocycles. The maximum atomic E-state index is 12.0. The average Bonchev–Trinajstić information content (AvgIpc) is 3.19. The van der Waals surface area contributed by atoms with Crippen molar-refractivity contribution in [1.29, 1.82) is 0 Å². The first-order valence-electron chi connectivity index (χ1n) is 16.8. The van der Waals surface area contributed by atoms with Crippen molar-refractivity contribution < 1.29 is 53.0 Å². The Morgan fingerprint density at radius 2 is 1.19 bits per heavy atom. The molecule has 5 aromatic rings. The molecule has 1 heterocycles. The number of methoxy groups -OCH3 is 1. The molecule has 0 saturated carbocycles. The summed E-state index contributed by atoms with van der Waals surface area (Å²) in [6, 6.07) is 24.7. The van der Waals surface area contributed by atoms with Crippen molar-refractivity contribution in [1.82, 2.24) is 15.0 Å². The SMILES string of the molecule is COc1ccc(-c2nc(-c3ccc(OCCOC(=O)OC4=CC=CCC4)cc3O)nc(-c3ccc(OCCOC(=O)Oc4ccccc4)cc3O)n2)cc1. The Labute approximate surface area is 309 Å². The molecule has 0 aliphatic heterocycles. The number of allylic oxidation sites excluding steroid dienone is 4. The zero-order chi connectivity index (χ0) is 37.7. The van der Waals surface area contributed by atoms with Crippen molar-refractivity contribution in [3.8, 4) is 68.7 Å². The van der Waals surface area contributed by atoms with E-state index in [1.54, 1.807) is 92.0 Å². The van der Waals surface area contributed by atoms with E-state index in [0.717, 1.165) is 6.42 Å². The molecular weight excluding hydrogens is 698 g/mol. The van der Waals surface area contributed by atoms with Crippen LogP contribution in [0.3, 0.4) is 0 Å². The van der Waals surface area contributed by atoms with Crippen LogP contribution in [-0.4, -0.2) is 71.0 Å². The highest BCUT2D eigenvalue weighted by Crippen LogP contribution is 2.36. The summed E-state index contributed by atoms with van der Waals surface area (Å²) in [6.07, 6.45) is 5.22. The van der Waals surface area contributed by atoms with Crippen molar-refractivity contribution in [3.63, 3.8) is 0 Å². The molecule has 6 rings (SSSR count). The van der Waals surface area contributed by atoms with E-state index in [1.807, 2.05) is 12.2 Å². The molecule has 0 spiro atoms. The van der Waals surface area contributed by atoms with Gasteiger partial charge in [-0.15, -0.1) is 0 Å². The number of hydrogen-bond acceptors (Lipinski definition) is 14. The second kappa shape index (κ2) is 17.9. The van der Waals surface area contributed by atoms with E-state index >= 15 is 0 Å². The zero-order valence-electron chi connectivity index (χ0n) is 29.0. The Balaban J connectivity index is 1.14. The van der Waals surface area contributed by atoms with Gasteiger partial charge in [-0.2, -0.15) is 0 Å². The van der Waals surface area contributed by atoms with Crippen LogP contribution in [0.25, 0.3) is 34.2 Å². The Kier molecular flexibility index (Phi) is 12.2. The van der Waals surface area contributed by atoms with Gasteiger partial charge in [-0.1, -0.05) is 30.4 Å². The van der Waals surface area contributed by atoms with Crippen LogP contribution in [0.2, 0.25) is 0 Å². The van der Waals surface area contributed by atoms with Crippen molar-refractivity contribution in [2.45, 2.75) is 12.8 Å². The summed E-state index contributed by atoms with van der Waals surface area (Å²) < 4.78 is 37.0. The molecule has 1 aromatic heterocycles. The molecular formula is C40H35N3O11. The van der Waals surface area contributed by atoms with E-state index in [0.29, 0.717) is 40.7 Å². The summed E-state index contributed by atoms with van der Waals surface area (Å²) in [5, 5.41) is 22.1. The third-order valence-corrected chi connectivity index (χ3v) is 7.68. The third-order valence-electron chi connectivity index (χ3n) is 7.68. The molecule has 54 heavy (non-hydrogen) atoms. The fourth-order valence-electron chi connectivity index (χ4n) is 5.05. The molecule has 0 saturated heterocycles. The summed E-state index contributed by atoms with van der Waals surface area (Å²) in [4.78, 5) is 37.7. The van der Waals surface area contributed by atoms with E-state index in [1.165, 1.54) is 12.1 Å². The molecule has 1 aliphatic rings. The quantitative estimate of drug-likeness (QED) is 0.0646. The second-order valence-electron chi connectivity index (χ2n) is 11.4. The predicted octanol–water partition coefficient (Wildman–Crippen LogP) is 7.65. The van der Waals surface area contributed by atoms with E-state index < -0.39 is 12.3 Å². The average molecular weight is 734 g/mol. The van der Waals surface area contributed by atoms with Crippen molar-refractivity contribution in [2.75, 3.05) is 33.5 Å². The standard InChI is InChI=1S/C40H35N3O11/c1-48-27-14-12-26(13-15-27)36-41-37(32-18-16-30(24-34(32)44)49-20-22-51-39(46)53-28-8-4-2-5-9-28)43-38(42-36)33-19-17-31(25-35(33)45)50-21-23-52-40(47)54-29-10-6-3-7-11-29/h2-6,8-10,12-19,24-25,44-45H,7,11,20-23H2,1H3. The largest absolute Gasteiger partial charge is 0.513 e. The minimum Gasteiger partial charge on any atom is -0.507 e. The van der Waals surface area contributed by atoms with Gasteiger partial charge >= 0.3 is 12.3 Å². The summed E-state index contributed by atoms with van der Waals surface area (Å²) in [6.45, 7) is -0.161. The highest BCUT2D eigenvalue weighted by atomic mass is 16.7. The highest BCUT2D eigenvalue weighted by molar-refractivity contribution is 5.73. The lowest BCUT2D eigenvalue weighted by molar-refractivity contribution is 0.0637. The number of carbonyl (C=O) groups excluding carboxylic acids is 2. The van der Waals surface area contributed by atoms with Crippen LogP contribution in [0.4, 0.5) is 9.59 Å². The lowest BCUT2D eigenvalue weighted by Crippen LogP contribution is -2.15. The molecule has 0 radical (unpaired) electrons. The first-order chi connectivity index (χ1) is 26.3. The van der Waals surface area contributed by atoms with Gasteiger partial charge in [0.15, 0.2) is 17.5 Å². The highest BCUT2D eigenvalue weighted by Gasteiger charge is 2.18. The van der Waals surface area contributed by atoms with Gasteiger partial charge in [0.2, 0.25) is 0 Å². The van der Waals surface area contributed by atoms with Crippen molar-refractivity contribution in [2.24, 2.45) is 0 Å². The van der Waals surface area contributed by atoms with E-state index in [9.17, 15) is 19.8 Å². The maximum Gasteiger partial charge on any atom is 0.513 e. The minimum atomic E-state index is -0.871. The topological polar surface area (TPSA) is 178 Å².